The van der Waals surface area contributed by atoms with E-state index in [1.807, 2.05) is 22.6 Å². The first-order chi connectivity index (χ1) is 6.52. The van der Waals surface area contributed by atoms with Gasteiger partial charge < -0.3 is 14.2 Å². The highest BCUT2D eigenvalue weighted by Crippen LogP contribution is 2.47. The molecule has 0 saturated carbocycles. The third kappa shape index (κ3) is 1.58. The number of methoxy groups -OCH3 is 1. The first-order valence-electron chi connectivity index (χ1n) is 3.65. The molecule has 0 N–H and O–H groups in total. The normalized spacial score (nSPS) is 16.9. The maximum Gasteiger partial charge on any atom is 0.586 e. The number of halogens is 3. The van der Waals surface area contributed by atoms with Gasteiger partial charge in [-0.25, -0.2) is 0 Å². The lowest BCUT2D eigenvalue weighted by Gasteiger charge is -2.05. The van der Waals surface area contributed by atoms with Crippen LogP contribution >= 0.6 is 22.6 Å². The van der Waals surface area contributed by atoms with Crippen molar-refractivity contribution in [2.45, 2.75) is 6.29 Å². The molecule has 0 aliphatic carbocycles. The van der Waals surface area contributed by atoms with Crippen molar-refractivity contribution in [3.8, 4) is 17.2 Å². The summed E-state index contributed by atoms with van der Waals surface area (Å²) in [7, 11) is 1.38. The molecular weight excluding hydrogens is 309 g/mol. The lowest BCUT2D eigenvalue weighted by molar-refractivity contribution is -0.287. The van der Waals surface area contributed by atoms with E-state index in [4.69, 9.17) is 4.74 Å². The second-order valence-corrected chi connectivity index (χ2v) is 3.85. The molecule has 76 valence electrons. The average Bonchev–Trinajstić information content (AvgIpc) is 2.37. The minimum Gasteiger partial charge on any atom is -0.493 e. The van der Waals surface area contributed by atoms with E-state index >= 15 is 0 Å². The summed E-state index contributed by atoms with van der Waals surface area (Å²) in [5.74, 6) is 0.181. The van der Waals surface area contributed by atoms with Crippen LogP contribution in [0.25, 0.3) is 0 Å². The van der Waals surface area contributed by atoms with Crippen LogP contribution in [0.1, 0.15) is 0 Å². The Kier molecular flexibility index (Phi) is 2.17. The van der Waals surface area contributed by atoms with Crippen LogP contribution in [0.3, 0.4) is 0 Å². The Bertz CT molecular complexity index is 381. The van der Waals surface area contributed by atoms with Crippen LogP contribution in [0.2, 0.25) is 0 Å². The second kappa shape index (κ2) is 3.11. The van der Waals surface area contributed by atoms with Crippen molar-refractivity contribution in [2.24, 2.45) is 0 Å². The smallest absolute Gasteiger partial charge is 0.493 e. The second-order valence-electron chi connectivity index (χ2n) is 2.60. The lowest BCUT2D eigenvalue weighted by Crippen LogP contribution is -2.26. The molecule has 0 saturated heterocycles. The molecule has 1 heterocycles. The van der Waals surface area contributed by atoms with E-state index in [0.717, 1.165) is 3.57 Å². The van der Waals surface area contributed by atoms with E-state index in [1.165, 1.54) is 13.2 Å². The van der Waals surface area contributed by atoms with Crippen LogP contribution in [-0.4, -0.2) is 13.4 Å². The van der Waals surface area contributed by atoms with Gasteiger partial charge in [0.05, 0.1) is 7.11 Å². The van der Waals surface area contributed by atoms with Gasteiger partial charge in [-0.15, -0.1) is 8.78 Å². The highest BCUT2D eigenvalue weighted by atomic mass is 127. The van der Waals surface area contributed by atoms with Gasteiger partial charge in [-0.2, -0.15) is 0 Å². The fraction of sp³-hybridized carbons (Fsp3) is 0.250. The van der Waals surface area contributed by atoms with Crippen LogP contribution in [0.15, 0.2) is 12.1 Å². The molecule has 0 radical (unpaired) electrons. The van der Waals surface area contributed by atoms with E-state index in [0.29, 0.717) is 0 Å². The van der Waals surface area contributed by atoms with Crippen molar-refractivity contribution >= 4 is 22.6 Å². The zero-order chi connectivity index (χ0) is 10.3. The minimum atomic E-state index is -3.60. The van der Waals surface area contributed by atoms with Gasteiger partial charge in [0.15, 0.2) is 11.5 Å². The summed E-state index contributed by atoms with van der Waals surface area (Å²) >= 11 is 1.97. The fourth-order valence-electron chi connectivity index (χ4n) is 1.14. The third-order valence-corrected chi connectivity index (χ3v) is 2.28. The Hall–Kier alpha value is -0.790. The van der Waals surface area contributed by atoms with Crippen molar-refractivity contribution in [1.82, 2.24) is 0 Å². The summed E-state index contributed by atoms with van der Waals surface area (Å²) in [5.41, 5.74) is 0. The van der Waals surface area contributed by atoms with E-state index in [9.17, 15) is 8.78 Å². The van der Waals surface area contributed by atoms with Crippen molar-refractivity contribution in [1.29, 1.82) is 0 Å². The maximum absolute atomic E-state index is 12.7. The Morgan fingerprint density at radius 3 is 2.71 bits per heavy atom. The van der Waals surface area contributed by atoms with Crippen LogP contribution in [0.5, 0.6) is 17.2 Å². The molecule has 0 amide bonds. The molecule has 0 bridgehead atoms. The van der Waals surface area contributed by atoms with E-state index in [2.05, 4.69) is 9.47 Å². The standard InChI is InChI=1S/C8H5F2IO3/c1-12-5-2-4(11)3-6-7(5)14-8(9,10)13-6/h2-3H,1H3. The number of rotatable bonds is 1. The van der Waals surface area contributed by atoms with E-state index in [1.54, 1.807) is 6.07 Å². The first kappa shape index (κ1) is 9.75. The predicted molar refractivity (Wildman–Crippen MR) is 51.9 cm³/mol. The molecule has 2 rings (SSSR count). The molecule has 0 aromatic heterocycles. The molecule has 1 aromatic carbocycles. The number of benzene rings is 1. The largest absolute Gasteiger partial charge is 0.586 e. The van der Waals surface area contributed by atoms with Gasteiger partial charge in [-0.3, -0.25) is 0 Å². The fourth-order valence-corrected chi connectivity index (χ4v) is 1.71. The van der Waals surface area contributed by atoms with Crippen molar-refractivity contribution in [3.63, 3.8) is 0 Å². The highest BCUT2D eigenvalue weighted by Gasteiger charge is 2.45. The minimum absolute atomic E-state index is 0.00116. The van der Waals surface area contributed by atoms with E-state index < -0.39 is 6.29 Å². The monoisotopic (exact) mass is 314 g/mol. The Labute approximate surface area is 92.1 Å². The van der Waals surface area contributed by atoms with Crippen LogP contribution in [0.4, 0.5) is 8.78 Å². The number of hydrogen-bond donors (Lipinski definition) is 0. The zero-order valence-corrected chi connectivity index (χ0v) is 9.17. The number of ether oxygens (including phenoxy) is 3. The summed E-state index contributed by atoms with van der Waals surface area (Å²) < 4.78 is 39.6. The maximum atomic E-state index is 12.7. The molecule has 1 aliphatic rings. The molecule has 6 heteroatoms. The number of alkyl halides is 2. The SMILES string of the molecule is COc1cc(I)cc2c1OC(F)(F)O2. The van der Waals surface area contributed by atoms with Gasteiger partial charge in [0.25, 0.3) is 0 Å². The predicted octanol–water partition coefficient (Wildman–Crippen LogP) is 2.62. The molecule has 0 unspecified atom stereocenters. The first-order valence-corrected chi connectivity index (χ1v) is 4.73. The van der Waals surface area contributed by atoms with Gasteiger partial charge in [0.2, 0.25) is 5.75 Å². The average molecular weight is 314 g/mol. The summed E-state index contributed by atoms with van der Waals surface area (Å²) in [6.45, 7) is 0. The number of hydrogen-bond acceptors (Lipinski definition) is 3. The molecule has 0 fully saturated rings. The summed E-state index contributed by atoms with van der Waals surface area (Å²) in [4.78, 5) is 0. The lowest BCUT2D eigenvalue weighted by atomic mass is 10.3. The number of fused-ring (bicyclic) bond motifs is 1. The summed E-state index contributed by atoms with van der Waals surface area (Å²) in [6.07, 6.45) is -3.60. The molecule has 0 spiro atoms. The topological polar surface area (TPSA) is 27.7 Å². The zero-order valence-electron chi connectivity index (χ0n) is 7.01. The molecule has 1 aromatic rings. The van der Waals surface area contributed by atoms with Gasteiger partial charge >= 0.3 is 6.29 Å². The van der Waals surface area contributed by atoms with Crippen molar-refractivity contribution in [3.05, 3.63) is 15.7 Å². The van der Waals surface area contributed by atoms with Gasteiger partial charge in [0, 0.05) is 3.57 Å². The molecule has 14 heavy (non-hydrogen) atoms. The van der Waals surface area contributed by atoms with Crippen LogP contribution < -0.4 is 14.2 Å². The third-order valence-electron chi connectivity index (χ3n) is 1.66. The summed E-state index contributed by atoms with van der Waals surface area (Å²) in [5, 5.41) is 0. The van der Waals surface area contributed by atoms with Gasteiger partial charge in [0.1, 0.15) is 0 Å². The van der Waals surface area contributed by atoms with Gasteiger partial charge in [-0.1, -0.05) is 0 Å². The Morgan fingerprint density at radius 1 is 1.36 bits per heavy atom. The highest BCUT2D eigenvalue weighted by molar-refractivity contribution is 14.1. The molecular formula is C8H5F2IO3. The van der Waals surface area contributed by atoms with Crippen LogP contribution in [-0.2, 0) is 0 Å². The quantitative estimate of drug-likeness (QED) is 0.746. The Balaban J connectivity index is 2.50. The molecule has 1 aliphatic heterocycles. The Morgan fingerprint density at radius 2 is 2.07 bits per heavy atom. The van der Waals surface area contributed by atoms with Crippen molar-refractivity contribution in [2.75, 3.05) is 7.11 Å². The molecule has 3 nitrogen and oxygen atoms in total. The van der Waals surface area contributed by atoms with Crippen LogP contribution in [0, 0.1) is 3.57 Å². The van der Waals surface area contributed by atoms with E-state index in [-0.39, 0.29) is 17.2 Å². The van der Waals surface area contributed by atoms with Gasteiger partial charge in [-0.05, 0) is 34.7 Å². The molecule has 0 atom stereocenters. The van der Waals surface area contributed by atoms with Crippen molar-refractivity contribution < 1.29 is 23.0 Å². The summed E-state index contributed by atoms with van der Waals surface area (Å²) in [6, 6.07) is 3.05.